The lowest BCUT2D eigenvalue weighted by molar-refractivity contribution is 0.477. The van der Waals surface area contributed by atoms with Gasteiger partial charge in [0.2, 0.25) is 0 Å². The topological polar surface area (TPSA) is 62.4 Å². The second-order valence-corrected chi connectivity index (χ2v) is 9.26. The molecule has 0 aliphatic heterocycles. The van der Waals surface area contributed by atoms with Crippen LogP contribution in [0.1, 0.15) is 0 Å². The van der Waals surface area contributed by atoms with Crippen molar-refractivity contribution >= 4 is 39.1 Å². The minimum Gasteiger partial charge on any atom is -0.507 e. The van der Waals surface area contributed by atoms with Crippen LogP contribution in [0.3, 0.4) is 0 Å². The van der Waals surface area contributed by atoms with Crippen molar-refractivity contribution < 1.29 is 9.52 Å². The Hall–Kier alpha value is -5.42. The fourth-order valence-corrected chi connectivity index (χ4v) is 5.02. The molecular weight excluding hydrogens is 482 g/mol. The van der Waals surface area contributed by atoms with Crippen molar-refractivity contribution in [3.8, 4) is 28.3 Å². The Morgan fingerprint density at radius 1 is 0.641 bits per heavy atom. The standard InChI is InChI=1S/C34H23N3O2/c38-30-17-6-4-16-27(30)29-22-28-26-15-5-7-18-31(26)39-34(28)33(36-29)23-11-10-14-25(21-23)37(24-12-2-1-3-13-24)32-19-8-9-20-35-32/h1-22,38H. The Labute approximate surface area is 225 Å². The minimum absolute atomic E-state index is 0.183. The van der Waals surface area contributed by atoms with Crippen LogP contribution in [0, 0.1) is 0 Å². The van der Waals surface area contributed by atoms with Crippen molar-refractivity contribution in [1.29, 1.82) is 0 Å². The van der Waals surface area contributed by atoms with Gasteiger partial charge in [-0.2, -0.15) is 0 Å². The lowest BCUT2D eigenvalue weighted by atomic mass is 10.0. The maximum absolute atomic E-state index is 10.7. The molecular formula is C34H23N3O2. The minimum atomic E-state index is 0.183. The van der Waals surface area contributed by atoms with E-state index in [-0.39, 0.29) is 5.75 Å². The zero-order chi connectivity index (χ0) is 26.2. The van der Waals surface area contributed by atoms with E-state index in [4.69, 9.17) is 9.40 Å². The summed E-state index contributed by atoms with van der Waals surface area (Å²) in [5, 5.41) is 12.6. The van der Waals surface area contributed by atoms with E-state index in [0.717, 1.165) is 39.1 Å². The third kappa shape index (κ3) is 4.06. The van der Waals surface area contributed by atoms with Crippen molar-refractivity contribution in [2.75, 3.05) is 4.90 Å². The predicted molar refractivity (Wildman–Crippen MR) is 157 cm³/mol. The summed E-state index contributed by atoms with van der Waals surface area (Å²) in [6, 6.07) is 41.5. The van der Waals surface area contributed by atoms with E-state index in [9.17, 15) is 5.11 Å². The Balaban J connectivity index is 1.47. The molecule has 7 aromatic rings. The Bertz CT molecular complexity index is 1890. The van der Waals surface area contributed by atoms with E-state index < -0.39 is 0 Å². The summed E-state index contributed by atoms with van der Waals surface area (Å²) in [5.41, 5.74) is 6.38. The maximum atomic E-state index is 10.7. The number of fused-ring (bicyclic) bond motifs is 3. The summed E-state index contributed by atoms with van der Waals surface area (Å²) in [5.74, 6) is 0.993. The fraction of sp³-hybridized carbons (Fsp3) is 0. The van der Waals surface area contributed by atoms with Gasteiger partial charge in [-0.1, -0.05) is 66.7 Å². The number of para-hydroxylation sites is 3. The second-order valence-electron chi connectivity index (χ2n) is 9.26. The zero-order valence-electron chi connectivity index (χ0n) is 20.9. The van der Waals surface area contributed by atoms with Gasteiger partial charge in [0, 0.05) is 39.5 Å². The number of nitrogens with zero attached hydrogens (tertiary/aromatic N) is 3. The summed E-state index contributed by atoms with van der Waals surface area (Å²) < 4.78 is 6.38. The Kier molecular flexibility index (Phi) is 5.52. The molecule has 0 atom stereocenters. The van der Waals surface area contributed by atoms with Crippen LogP contribution in [0.15, 0.2) is 138 Å². The molecule has 0 bridgehead atoms. The van der Waals surface area contributed by atoms with Gasteiger partial charge in [0.05, 0.1) is 5.69 Å². The first-order valence-electron chi connectivity index (χ1n) is 12.7. The molecule has 7 rings (SSSR count). The van der Waals surface area contributed by atoms with Gasteiger partial charge in [-0.25, -0.2) is 9.97 Å². The number of hydrogen-bond donors (Lipinski definition) is 1. The van der Waals surface area contributed by atoms with Crippen LogP contribution in [0.5, 0.6) is 5.75 Å². The molecule has 0 aliphatic rings. The van der Waals surface area contributed by atoms with Crippen LogP contribution in [0.4, 0.5) is 17.2 Å². The molecule has 0 radical (unpaired) electrons. The van der Waals surface area contributed by atoms with Gasteiger partial charge in [-0.05, 0) is 60.7 Å². The highest BCUT2D eigenvalue weighted by Crippen LogP contribution is 2.41. The molecule has 0 saturated carbocycles. The Morgan fingerprint density at radius 2 is 1.41 bits per heavy atom. The van der Waals surface area contributed by atoms with Gasteiger partial charge in [0.25, 0.3) is 0 Å². The molecule has 0 amide bonds. The van der Waals surface area contributed by atoms with E-state index in [2.05, 4.69) is 34.1 Å². The van der Waals surface area contributed by atoms with Crippen molar-refractivity contribution in [2.45, 2.75) is 0 Å². The molecule has 0 unspecified atom stereocenters. The molecule has 186 valence electrons. The number of rotatable bonds is 5. The smallest absolute Gasteiger partial charge is 0.161 e. The van der Waals surface area contributed by atoms with E-state index >= 15 is 0 Å². The van der Waals surface area contributed by atoms with Crippen LogP contribution in [0.25, 0.3) is 44.5 Å². The molecule has 0 aliphatic carbocycles. The van der Waals surface area contributed by atoms with Crippen molar-refractivity contribution in [3.05, 3.63) is 134 Å². The molecule has 0 fully saturated rings. The Morgan fingerprint density at radius 3 is 2.26 bits per heavy atom. The van der Waals surface area contributed by atoms with Crippen molar-refractivity contribution in [1.82, 2.24) is 9.97 Å². The molecule has 1 N–H and O–H groups in total. The second kappa shape index (κ2) is 9.47. The third-order valence-corrected chi connectivity index (χ3v) is 6.81. The number of benzene rings is 4. The van der Waals surface area contributed by atoms with Crippen LogP contribution < -0.4 is 4.90 Å². The maximum Gasteiger partial charge on any atom is 0.161 e. The van der Waals surface area contributed by atoms with E-state index in [0.29, 0.717) is 22.5 Å². The number of phenolic OH excluding ortho intramolecular Hbond substituents is 1. The van der Waals surface area contributed by atoms with Crippen LogP contribution in [0.2, 0.25) is 0 Å². The highest BCUT2D eigenvalue weighted by Gasteiger charge is 2.19. The highest BCUT2D eigenvalue weighted by molar-refractivity contribution is 6.10. The normalized spacial score (nSPS) is 11.2. The van der Waals surface area contributed by atoms with E-state index in [1.54, 1.807) is 12.3 Å². The first-order valence-corrected chi connectivity index (χ1v) is 12.7. The summed E-state index contributed by atoms with van der Waals surface area (Å²) in [7, 11) is 0. The number of phenols is 1. The zero-order valence-corrected chi connectivity index (χ0v) is 20.9. The van der Waals surface area contributed by atoms with Gasteiger partial charge >= 0.3 is 0 Å². The molecule has 39 heavy (non-hydrogen) atoms. The quantitative estimate of drug-likeness (QED) is 0.253. The van der Waals surface area contributed by atoms with Crippen molar-refractivity contribution in [3.63, 3.8) is 0 Å². The number of furan rings is 1. The number of hydrogen-bond acceptors (Lipinski definition) is 5. The average Bonchev–Trinajstić information content (AvgIpc) is 3.37. The largest absolute Gasteiger partial charge is 0.507 e. The van der Waals surface area contributed by atoms with Crippen molar-refractivity contribution in [2.24, 2.45) is 0 Å². The summed E-state index contributed by atoms with van der Waals surface area (Å²) in [4.78, 5) is 11.8. The monoisotopic (exact) mass is 505 g/mol. The van der Waals surface area contributed by atoms with Crippen LogP contribution >= 0.6 is 0 Å². The number of anilines is 3. The number of pyridine rings is 2. The molecule has 0 spiro atoms. The predicted octanol–water partition coefficient (Wildman–Crippen LogP) is 8.89. The SMILES string of the molecule is Oc1ccccc1-c1cc2c(oc3ccccc32)c(-c2cccc(N(c3ccccc3)c3ccccn3)c2)n1. The van der Waals surface area contributed by atoms with Gasteiger partial charge in [0.1, 0.15) is 22.8 Å². The van der Waals surface area contributed by atoms with Crippen LogP contribution in [-0.4, -0.2) is 15.1 Å². The van der Waals surface area contributed by atoms with E-state index in [1.807, 2.05) is 97.1 Å². The average molecular weight is 506 g/mol. The van der Waals surface area contributed by atoms with Gasteiger partial charge in [-0.3, -0.25) is 4.90 Å². The van der Waals surface area contributed by atoms with Gasteiger partial charge in [-0.15, -0.1) is 0 Å². The molecule has 5 nitrogen and oxygen atoms in total. The molecule has 3 aromatic heterocycles. The third-order valence-electron chi connectivity index (χ3n) is 6.81. The molecule has 5 heteroatoms. The first-order chi connectivity index (χ1) is 19.3. The first kappa shape index (κ1) is 22.8. The molecule has 3 heterocycles. The highest BCUT2D eigenvalue weighted by atomic mass is 16.3. The summed E-state index contributed by atoms with van der Waals surface area (Å²) in [6.07, 6.45) is 1.80. The summed E-state index contributed by atoms with van der Waals surface area (Å²) in [6.45, 7) is 0. The van der Waals surface area contributed by atoms with Gasteiger partial charge < -0.3 is 9.52 Å². The molecule has 0 saturated heterocycles. The van der Waals surface area contributed by atoms with Gasteiger partial charge in [0.15, 0.2) is 5.58 Å². The molecule has 4 aromatic carbocycles. The lowest BCUT2D eigenvalue weighted by Gasteiger charge is -2.24. The number of aromatic hydroxyl groups is 1. The fourth-order valence-electron chi connectivity index (χ4n) is 5.02. The summed E-state index contributed by atoms with van der Waals surface area (Å²) >= 11 is 0. The lowest BCUT2D eigenvalue weighted by Crippen LogP contribution is -2.11. The number of aromatic nitrogens is 2. The van der Waals surface area contributed by atoms with Crippen LogP contribution in [-0.2, 0) is 0 Å². The van der Waals surface area contributed by atoms with E-state index in [1.165, 1.54) is 0 Å².